The zero-order valence-electron chi connectivity index (χ0n) is 14.0. The first-order chi connectivity index (χ1) is 11.1. The van der Waals surface area contributed by atoms with Gasteiger partial charge in [0, 0.05) is 0 Å². The quantitative estimate of drug-likeness (QED) is 0.524. The molecule has 2 rings (SSSR count). The van der Waals surface area contributed by atoms with Crippen LogP contribution in [0, 0.1) is 12.8 Å². The average Bonchev–Trinajstić information content (AvgIpc) is 2.58. The third kappa shape index (κ3) is 3.78. The summed E-state index contributed by atoms with van der Waals surface area (Å²) in [5.74, 6) is 0.239. The van der Waals surface area contributed by atoms with Crippen molar-refractivity contribution in [3.8, 4) is 0 Å². The fourth-order valence-electron chi connectivity index (χ4n) is 2.69. The van der Waals surface area contributed by atoms with Gasteiger partial charge in [-0.3, -0.25) is 0 Å². The maximum absolute atomic E-state index is 4.29. The van der Waals surface area contributed by atoms with Gasteiger partial charge >= 0.3 is 0 Å². The smallest absolute Gasteiger partial charge is 0.000725 e. The van der Waals surface area contributed by atoms with E-state index in [1.54, 1.807) is 6.08 Å². The van der Waals surface area contributed by atoms with Crippen molar-refractivity contribution in [3.63, 3.8) is 0 Å². The Bertz CT molecular complexity index is 800. The van der Waals surface area contributed by atoms with Crippen LogP contribution in [0.15, 0.2) is 92.1 Å². The summed E-state index contributed by atoms with van der Waals surface area (Å²) in [6.07, 6.45) is 9.80. The highest BCUT2D eigenvalue weighted by Crippen LogP contribution is 2.32. The molecule has 23 heavy (non-hydrogen) atoms. The van der Waals surface area contributed by atoms with E-state index in [0.717, 1.165) is 11.1 Å². The van der Waals surface area contributed by atoms with E-state index in [-0.39, 0.29) is 5.92 Å². The van der Waals surface area contributed by atoms with E-state index >= 15 is 0 Å². The summed E-state index contributed by atoms with van der Waals surface area (Å²) in [6, 6.07) is 12.8. The zero-order chi connectivity index (χ0) is 16.8. The fourth-order valence-corrected chi connectivity index (χ4v) is 2.69. The molecule has 2 aromatic carbocycles. The first kappa shape index (κ1) is 16.8. The molecule has 0 spiro atoms. The molecule has 0 heterocycles. The van der Waals surface area contributed by atoms with Crippen LogP contribution in [-0.2, 0) is 0 Å². The van der Waals surface area contributed by atoms with E-state index in [1.165, 1.54) is 21.9 Å². The molecule has 0 fully saturated rings. The number of rotatable bonds is 6. The van der Waals surface area contributed by atoms with Crippen molar-refractivity contribution in [1.29, 1.82) is 0 Å². The Labute approximate surface area is 139 Å². The zero-order valence-corrected chi connectivity index (χ0v) is 14.0. The van der Waals surface area contributed by atoms with Gasteiger partial charge in [0.05, 0.1) is 0 Å². The molecule has 0 saturated carbocycles. The Kier molecular flexibility index (Phi) is 5.54. The Morgan fingerprint density at radius 3 is 2.48 bits per heavy atom. The largest absolute Gasteiger partial charge is 0.0991 e. The highest BCUT2D eigenvalue weighted by atomic mass is 14.2. The fraction of sp³-hybridized carbons (Fsp3) is 0.130. The van der Waals surface area contributed by atoms with Crippen molar-refractivity contribution >= 4 is 16.3 Å². The molecule has 116 valence electrons. The Hall–Kier alpha value is -2.60. The molecular formula is C23H24. The van der Waals surface area contributed by atoms with Crippen LogP contribution in [0.2, 0.25) is 0 Å². The minimum atomic E-state index is 0.239. The Balaban J connectivity index is 2.28. The molecule has 0 aliphatic carbocycles. The lowest BCUT2D eigenvalue weighted by Gasteiger charge is -2.17. The third-order valence-corrected chi connectivity index (χ3v) is 4.22. The first-order valence-corrected chi connectivity index (χ1v) is 7.89. The highest BCUT2D eigenvalue weighted by molar-refractivity contribution is 5.92. The molecule has 0 nitrogen and oxygen atoms in total. The van der Waals surface area contributed by atoms with Gasteiger partial charge < -0.3 is 0 Å². The molecule has 0 aliphatic rings. The molecule has 1 unspecified atom stereocenters. The van der Waals surface area contributed by atoms with Gasteiger partial charge in [0.15, 0.2) is 0 Å². The Morgan fingerprint density at radius 2 is 1.74 bits per heavy atom. The number of hydrogen-bond donors (Lipinski definition) is 0. The van der Waals surface area contributed by atoms with E-state index in [0.29, 0.717) is 0 Å². The van der Waals surface area contributed by atoms with Crippen LogP contribution < -0.4 is 0 Å². The molecular weight excluding hydrogens is 276 g/mol. The number of hydrogen-bond acceptors (Lipinski definition) is 0. The summed E-state index contributed by atoms with van der Waals surface area (Å²) in [7, 11) is 0. The molecule has 0 bridgehead atoms. The molecule has 2 aromatic rings. The molecule has 1 atom stereocenters. The lowest BCUT2D eigenvalue weighted by atomic mass is 9.87. The maximum atomic E-state index is 4.29. The second-order valence-corrected chi connectivity index (χ2v) is 5.76. The van der Waals surface area contributed by atoms with E-state index in [9.17, 15) is 0 Å². The molecule has 0 heteroatoms. The van der Waals surface area contributed by atoms with E-state index in [4.69, 9.17) is 0 Å². The number of aryl methyl sites for hydroxylation is 1. The van der Waals surface area contributed by atoms with Crippen molar-refractivity contribution in [2.24, 2.45) is 5.92 Å². The van der Waals surface area contributed by atoms with Crippen LogP contribution >= 0.6 is 0 Å². The second-order valence-electron chi connectivity index (χ2n) is 5.76. The highest BCUT2D eigenvalue weighted by Gasteiger charge is 2.12. The van der Waals surface area contributed by atoms with Crippen molar-refractivity contribution in [2.45, 2.75) is 13.8 Å². The number of benzene rings is 2. The lowest BCUT2D eigenvalue weighted by Crippen LogP contribution is -1.99. The van der Waals surface area contributed by atoms with Crippen LogP contribution in [0.25, 0.3) is 16.3 Å². The van der Waals surface area contributed by atoms with Gasteiger partial charge in [-0.15, -0.1) is 0 Å². The van der Waals surface area contributed by atoms with Gasteiger partial charge in [-0.1, -0.05) is 93.4 Å². The Morgan fingerprint density at radius 1 is 1.00 bits per heavy atom. The van der Waals surface area contributed by atoms with Gasteiger partial charge in [-0.2, -0.15) is 0 Å². The van der Waals surface area contributed by atoms with Gasteiger partial charge in [0.1, 0.15) is 0 Å². The topological polar surface area (TPSA) is 0 Å². The van der Waals surface area contributed by atoms with E-state index < -0.39 is 0 Å². The molecule has 0 radical (unpaired) electrons. The predicted molar refractivity (Wildman–Crippen MR) is 105 cm³/mol. The van der Waals surface area contributed by atoms with Gasteiger partial charge in [0.25, 0.3) is 0 Å². The standard InChI is InChI=1S/C23H24/c1-6-7-8-9-12-17(2)18(3)19(4)22-16-15-21-13-10-11-14-23(21)20(22)5/h6-17H,1,3-4H2,2,5H3/b8-7+,12-9+. The number of fused-ring (bicyclic) bond motifs is 1. The average molecular weight is 300 g/mol. The summed E-state index contributed by atoms with van der Waals surface area (Å²) in [5.41, 5.74) is 4.50. The molecule has 0 aliphatic heterocycles. The molecule has 0 N–H and O–H groups in total. The van der Waals surface area contributed by atoms with Gasteiger partial charge in [-0.25, -0.2) is 0 Å². The van der Waals surface area contributed by atoms with Crippen molar-refractivity contribution in [1.82, 2.24) is 0 Å². The van der Waals surface area contributed by atoms with Gasteiger partial charge in [-0.05, 0) is 45.9 Å². The maximum Gasteiger partial charge on any atom is -0.000725 e. The molecule has 0 amide bonds. The lowest BCUT2D eigenvalue weighted by molar-refractivity contribution is 0.902. The van der Waals surface area contributed by atoms with Crippen molar-refractivity contribution < 1.29 is 0 Å². The summed E-state index contributed by atoms with van der Waals surface area (Å²) in [4.78, 5) is 0. The first-order valence-electron chi connectivity index (χ1n) is 7.89. The number of allylic oxidation sites excluding steroid dienone is 7. The normalized spacial score (nSPS) is 12.8. The summed E-state index contributed by atoms with van der Waals surface area (Å²) < 4.78 is 0. The summed E-state index contributed by atoms with van der Waals surface area (Å²) >= 11 is 0. The second kappa shape index (κ2) is 7.60. The van der Waals surface area contributed by atoms with E-state index in [2.05, 4.69) is 76.1 Å². The van der Waals surface area contributed by atoms with Crippen LogP contribution in [0.5, 0.6) is 0 Å². The summed E-state index contributed by atoms with van der Waals surface area (Å²) in [6.45, 7) is 16.5. The van der Waals surface area contributed by atoms with Crippen LogP contribution in [0.3, 0.4) is 0 Å². The summed E-state index contributed by atoms with van der Waals surface area (Å²) in [5, 5.41) is 2.53. The van der Waals surface area contributed by atoms with Gasteiger partial charge in [0.2, 0.25) is 0 Å². The molecule has 0 saturated heterocycles. The third-order valence-electron chi connectivity index (χ3n) is 4.22. The minimum Gasteiger partial charge on any atom is -0.0991 e. The minimum absolute atomic E-state index is 0.239. The van der Waals surface area contributed by atoms with Crippen molar-refractivity contribution in [2.75, 3.05) is 0 Å². The molecule has 0 aromatic heterocycles. The van der Waals surface area contributed by atoms with E-state index in [1.807, 2.05) is 18.2 Å². The van der Waals surface area contributed by atoms with Crippen LogP contribution in [-0.4, -0.2) is 0 Å². The van der Waals surface area contributed by atoms with Crippen LogP contribution in [0.4, 0.5) is 0 Å². The SMILES string of the molecule is C=C/C=C/C=C/C(C)C(=C)C(=C)c1ccc2ccccc2c1C. The predicted octanol–water partition coefficient (Wildman–Crippen LogP) is 6.65. The van der Waals surface area contributed by atoms with Crippen molar-refractivity contribution in [3.05, 3.63) is 103 Å². The monoisotopic (exact) mass is 300 g/mol. The van der Waals surface area contributed by atoms with Crippen LogP contribution in [0.1, 0.15) is 18.1 Å².